The third-order valence-electron chi connectivity index (χ3n) is 6.50. The van der Waals surface area contributed by atoms with E-state index in [1.54, 1.807) is 24.3 Å². The van der Waals surface area contributed by atoms with Gasteiger partial charge in [0.15, 0.2) is 15.6 Å². The number of amides is 1. The minimum absolute atomic E-state index is 0.0522. The first-order valence-electron chi connectivity index (χ1n) is 10.0. The number of aliphatic hydroxyl groups is 1. The number of rotatable bonds is 4. The Bertz CT molecular complexity index is 1390. The summed E-state index contributed by atoms with van der Waals surface area (Å²) in [4.78, 5) is 38.6. The number of hydrogen-bond acceptors (Lipinski definition) is 6. The highest BCUT2D eigenvalue weighted by Crippen LogP contribution is 2.48. The lowest BCUT2D eigenvalue weighted by Gasteiger charge is -2.44. The van der Waals surface area contributed by atoms with Gasteiger partial charge in [0.2, 0.25) is 5.91 Å². The van der Waals surface area contributed by atoms with Crippen LogP contribution in [0.3, 0.4) is 0 Å². The zero-order valence-electron chi connectivity index (χ0n) is 17.2. The maximum absolute atomic E-state index is 12.9. The standard InChI is InChI=1S/C23H19NO7S/c1-10(25)19-18-9-15(20(23(28)29)24(18)22(19)27)11-3-5-14-16(7-11)13-6-4-12(32(2,30)31)8-17(13)21(14)26/h3-8,10,18-19,25H,9H2,1-2H3,(H,28,29)/t10-,18-,19-/m1/s1. The Labute approximate surface area is 183 Å². The van der Waals surface area contributed by atoms with Crippen molar-refractivity contribution >= 4 is 33.1 Å². The molecule has 2 aliphatic heterocycles. The molecular formula is C23H19NO7S. The molecule has 0 bridgehead atoms. The molecule has 1 aliphatic carbocycles. The van der Waals surface area contributed by atoms with Gasteiger partial charge in [-0.05, 0) is 59.9 Å². The summed E-state index contributed by atoms with van der Waals surface area (Å²) in [6.45, 7) is 1.51. The number of aliphatic hydroxyl groups excluding tert-OH is 1. The Hall–Kier alpha value is -3.30. The quantitative estimate of drug-likeness (QED) is 0.575. The molecule has 5 rings (SSSR count). The van der Waals surface area contributed by atoms with Crippen LogP contribution < -0.4 is 0 Å². The molecule has 3 aliphatic rings. The molecule has 1 saturated heterocycles. The van der Waals surface area contributed by atoms with Crippen molar-refractivity contribution in [2.24, 2.45) is 5.92 Å². The fraction of sp³-hybridized carbons (Fsp3) is 0.261. The number of ketones is 1. The molecule has 1 fully saturated rings. The van der Waals surface area contributed by atoms with Crippen molar-refractivity contribution < 1.29 is 33.0 Å². The van der Waals surface area contributed by atoms with Gasteiger partial charge in [0.25, 0.3) is 0 Å². The molecule has 2 N–H and O–H groups in total. The van der Waals surface area contributed by atoms with Gasteiger partial charge in [0.05, 0.1) is 23.0 Å². The van der Waals surface area contributed by atoms with E-state index in [-0.39, 0.29) is 28.4 Å². The number of carbonyl (C=O) groups excluding carboxylic acids is 2. The second-order valence-electron chi connectivity index (χ2n) is 8.45. The molecule has 1 amide bonds. The molecule has 0 radical (unpaired) electrons. The van der Waals surface area contributed by atoms with Crippen molar-refractivity contribution in [1.82, 2.24) is 4.90 Å². The van der Waals surface area contributed by atoms with Crippen LogP contribution in [0.4, 0.5) is 0 Å². The van der Waals surface area contributed by atoms with Crippen molar-refractivity contribution in [3.05, 3.63) is 58.8 Å². The fourth-order valence-electron chi connectivity index (χ4n) is 5.00. The molecule has 0 aromatic heterocycles. The van der Waals surface area contributed by atoms with Crippen LogP contribution in [0.2, 0.25) is 0 Å². The zero-order valence-corrected chi connectivity index (χ0v) is 18.0. The number of hydrogen-bond donors (Lipinski definition) is 2. The summed E-state index contributed by atoms with van der Waals surface area (Å²) in [5, 5.41) is 19.7. The van der Waals surface area contributed by atoms with Crippen LogP contribution in [0.15, 0.2) is 47.0 Å². The molecule has 2 heterocycles. The molecule has 9 heteroatoms. The molecule has 0 spiro atoms. The van der Waals surface area contributed by atoms with E-state index in [1.165, 1.54) is 24.0 Å². The van der Waals surface area contributed by atoms with Crippen LogP contribution in [0.1, 0.15) is 34.8 Å². The second kappa shape index (κ2) is 6.60. The van der Waals surface area contributed by atoms with Crippen molar-refractivity contribution in [3.63, 3.8) is 0 Å². The molecule has 32 heavy (non-hydrogen) atoms. The predicted molar refractivity (Wildman–Crippen MR) is 113 cm³/mol. The lowest BCUT2D eigenvalue weighted by atomic mass is 9.82. The van der Waals surface area contributed by atoms with Crippen LogP contribution in [0.5, 0.6) is 0 Å². The first kappa shape index (κ1) is 20.6. The van der Waals surface area contributed by atoms with Crippen LogP contribution in [0, 0.1) is 5.92 Å². The molecular weight excluding hydrogens is 434 g/mol. The van der Waals surface area contributed by atoms with E-state index in [0.29, 0.717) is 27.8 Å². The summed E-state index contributed by atoms with van der Waals surface area (Å²) in [5.41, 5.74) is 2.80. The van der Waals surface area contributed by atoms with Gasteiger partial charge in [-0.25, -0.2) is 13.2 Å². The number of nitrogens with zero attached hydrogens (tertiary/aromatic N) is 1. The smallest absolute Gasteiger partial charge is 0.352 e. The Balaban J connectivity index is 1.61. The average Bonchev–Trinajstić information content (AvgIpc) is 3.20. The van der Waals surface area contributed by atoms with Gasteiger partial charge in [-0.1, -0.05) is 12.1 Å². The van der Waals surface area contributed by atoms with Gasteiger partial charge in [-0.15, -0.1) is 0 Å². The predicted octanol–water partition coefficient (Wildman–Crippen LogP) is 1.71. The van der Waals surface area contributed by atoms with E-state index in [9.17, 15) is 33.0 Å². The van der Waals surface area contributed by atoms with E-state index in [4.69, 9.17) is 0 Å². The number of carboxylic acids is 1. The number of carboxylic acid groups (broad SMARTS) is 1. The third kappa shape index (κ3) is 2.71. The van der Waals surface area contributed by atoms with E-state index in [1.807, 2.05) is 0 Å². The Morgan fingerprint density at radius 3 is 2.38 bits per heavy atom. The summed E-state index contributed by atoms with van der Waals surface area (Å²) >= 11 is 0. The highest BCUT2D eigenvalue weighted by atomic mass is 32.2. The van der Waals surface area contributed by atoms with Crippen LogP contribution >= 0.6 is 0 Å². The van der Waals surface area contributed by atoms with Crippen LogP contribution in [0.25, 0.3) is 16.7 Å². The summed E-state index contributed by atoms with van der Waals surface area (Å²) in [7, 11) is -3.48. The molecule has 2 aromatic rings. The fourth-order valence-corrected chi connectivity index (χ4v) is 5.65. The number of aliphatic carboxylic acids is 1. The lowest BCUT2D eigenvalue weighted by Crippen LogP contribution is -2.61. The summed E-state index contributed by atoms with van der Waals surface area (Å²) in [5.74, 6) is -2.57. The van der Waals surface area contributed by atoms with Crippen molar-refractivity contribution in [1.29, 1.82) is 0 Å². The monoisotopic (exact) mass is 453 g/mol. The number of sulfone groups is 1. The highest BCUT2D eigenvalue weighted by molar-refractivity contribution is 7.90. The van der Waals surface area contributed by atoms with Gasteiger partial charge < -0.3 is 15.1 Å². The minimum Gasteiger partial charge on any atom is -0.477 e. The average molecular weight is 453 g/mol. The number of carbonyl (C=O) groups is 3. The molecule has 2 aromatic carbocycles. The SMILES string of the molecule is C[C@@H](O)[C@H]1C(=O)N2C(C(=O)O)=C(c3ccc4c(c3)-c3ccc(S(C)(=O)=O)cc3C4=O)C[C@H]12. The lowest BCUT2D eigenvalue weighted by molar-refractivity contribution is -0.161. The zero-order chi connectivity index (χ0) is 23.1. The van der Waals surface area contributed by atoms with Crippen molar-refractivity contribution in [2.45, 2.75) is 30.4 Å². The topological polar surface area (TPSA) is 129 Å². The molecule has 3 atom stereocenters. The summed E-state index contributed by atoms with van der Waals surface area (Å²) in [6, 6.07) is 8.93. The first-order chi connectivity index (χ1) is 15.0. The second-order valence-corrected chi connectivity index (χ2v) is 10.5. The summed E-state index contributed by atoms with van der Waals surface area (Å²) in [6.07, 6.45) is 0.479. The molecule has 8 nitrogen and oxygen atoms in total. The largest absolute Gasteiger partial charge is 0.477 e. The van der Waals surface area contributed by atoms with Crippen LogP contribution in [-0.2, 0) is 19.4 Å². The third-order valence-corrected chi connectivity index (χ3v) is 7.61. The number of β-lactam (4-membered cyclic amide) rings is 1. The first-order valence-corrected chi connectivity index (χ1v) is 11.9. The van der Waals surface area contributed by atoms with Gasteiger partial charge in [-0.2, -0.15) is 0 Å². The highest BCUT2D eigenvalue weighted by Gasteiger charge is 2.56. The van der Waals surface area contributed by atoms with Crippen molar-refractivity contribution in [3.8, 4) is 11.1 Å². The number of benzene rings is 2. The molecule has 0 unspecified atom stereocenters. The van der Waals surface area contributed by atoms with Crippen molar-refractivity contribution in [2.75, 3.05) is 6.26 Å². The molecule has 0 saturated carbocycles. The van der Waals surface area contributed by atoms with Gasteiger partial charge in [0, 0.05) is 17.4 Å². The normalized spacial score (nSPS) is 22.4. The van der Waals surface area contributed by atoms with Crippen LogP contribution in [-0.4, -0.2) is 59.6 Å². The number of fused-ring (bicyclic) bond motifs is 4. The Morgan fingerprint density at radius 1 is 1.06 bits per heavy atom. The van der Waals surface area contributed by atoms with E-state index < -0.39 is 39.8 Å². The molecule has 164 valence electrons. The minimum atomic E-state index is -3.48. The summed E-state index contributed by atoms with van der Waals surface area (Å²) < 4.78 is 23.8. The van der Waals surface area contributed by atoms with E-state index >= 15 is 0 Å². The Kier molecular flexibility index (Phi) is 4.25. The van der Waals surface area contributed by atoms with Gasteiger partial charge >= 0.3 is 5.97 Å². The van der Waals surface area contributed by atoms with Gasteiger partial charge in [0.1, 0.15) is 5.70 Å². The van der Waals surface area contributed by atoms with E-state index in [2.05, 4.69) is 0 Å². The van der Waals surface area contributed by atoms with Gasteiger partial charge in [-0.3, -0.25) is 9.59 Å². The van der Waals surface area contributed by atoms with E-state index in [0.717, 1.165) is 6.26 Å². The Morgan fingerprint density at radius 2 is 1.75 bits per heavy atom. The maximum Gasteiger partial charge on any atom is 0.352 e. The maximum atomic E-state index is 12.9.